The van der Waals surface area contributed by atoms with Crippen molar-refractivity contribution in [1.29, 1.82) is 0 Å². The molecule has 0 atom stereocenters. The number of halogens is 1. The van der Waals surface area contributed by atoms with E-state index >= 15 is 0 Å². The van der Waals surface area contributed by atoms with Crippen LogP contribution >= 0.6 is 12.4 Å². The molecule has 0 aliphatic carbocycles. The zero-order chi connectivity index (χ0) is 14.5. The van der Waals surface area contributed by atoms with E-state index in [0.717, 1.165) is 37.8 Å². The van der Waals surface area contributed by atoms with E-state index in [0.29, 0.717) is 5.91 Å². The maximum Gasteiger partial charge on any atom is 0.222 e. The Morgan fingerprint density at radius 3 is 2.27 bits per heavy atom. The van der Waals surface area contributed by atoms with Crippen LogP contribution in [0.1, 0.15) is 44.9 Å². The number of hydrogen-bond donors (Lipinski definition) is 1. The predicted octanol–water partition coefficient (Wildman–Crippen LogP) is 2.13. The van der Waals surface area contributed by atoms with Crippen molar-refractivity contribution in [3.8, 4) is 0 Å². The van der Waals surface area contributed by atoms with Crippen LogP contribution in [0.4, 0.5) is 0 Å². The quantitative estimate of drug-likeness (QED) is 0.858. The van der Waals surface area contributed by atoms with Gasteiger partial charge in [-0.15, -0.1) is 12.4 Å². The molecular weight excluding hydrogens is 298 g/mol. The number of amides is 1. The standard InChI is InChI=1S/C17H31N3O.ClH/c21-17-3-1-2-10-20(17)14-16-6-11-19(12-7-16)13-15-4-8-18-9-5-15;/h15-16,18H,1-14H2;1H. The molecule has 0 aromatic carbocycles. The van der Waals surface area contributed by atoms with Crippen LogP contribution in [-0.4, -0.2) is 61.5 Å². The Hall–Kier alpha value is -0.320. The second-order valence-corrected chi connectivity index (χ2v) is 7.23. The zero-order valence-electron chi connectivity index (χ0n) is 13.8. The number of nitrogens with zero attached hydrogens (tertiary/aromatic N) is 2. The van der Waals surface area contributed by atoms with Crippen LogP contribution in [0.3, 0.4) is 0 Å². The van der Waals surface area contributed by atoms with Crippen LogP contribution in [0, 0.1) is 11.8 Å². The van der Waals surface area contributed by atoms with Gasteiger partial charge in [-0.2, -0.15) is 0 Å². The molecule has 0 unspecified atom stereocenters. The lowest BCUT2D eigenvalue weighted by Crippen LogP contribution is -2.44. The molecule has 22 heavy (non-hydrogen) atoms. The van der Waals surface area contributed by atoms with Crippen molar-refractivity contribution in [2.45, 2.75) is 44.9 Å². The number of nitrogens with one attached hydrogen (secondary N) is 1. The van der Waals surface area contributed by atoms with Gasteiger partial charge in [0.05, 0.1) is 0 Å². The lowest BCUT2D eigenvalue weighted by atomic mass is 9.92. The van der Waals surface area contributed by atoms with E-state index in [2.05, 4.69) is 15.1 Å². The van der Waals surface area contributed by atoms with Crippen LogP contribution in [0.25, 0.3) is 0 Å². The lowest BCUT2D eigenvalue weighted by Gasteiger charge is -2.38. The van der Waals surface area contributed by atoms with E-state index in [9.17, 15) is 4.79 Å². The van der Waals surface area contributed by atoms with Crippen molar-refractivity contribution >= 4 is 18.3 Å². The molecular formula is C17H32ClN3O. The van der Waals surface area contributed by atoms with Crippen molar-refractivity contribution in [2.24, 2.45) is 11.8 Å². The summed E-state index contributed by atoms with van der Waals surface area (Å²) in [7, 11) is 0. The summed E-state index contributed by atoms with van der Waals surface area (Å²) in [5.41, 5.74) is 0. The Kier molecular flexibility index (Phi) is 7.45. The molecule has 128 valence electrons. The van der Waals surface area contributed by atoms with Gasteiger partial charge in [-0.3, -0.25) is 4.79 Å². The van der Waals surface area contributed by atoms with Crippen molar-refractivity contribution < 1.29 is 4.79 Å². The Labute approximate surface area is 141 Å². The van der Waals surface area contributed by atoms with Crippen LogP contribution in [0.5, 0.6) is 0 Å². The number of carbonyl (C=O) groups is 1. The summed E-state index contributed by atoms with van der Waals surface area (Å²) in [6, 6.07) is 0. The van der Waals surface area contributed by atoms with Crippen molar-refractivity contribution in [3.05, 3.63) is 0 Å². The van der Waals surface area contributed by atoms with Crippen LogP contribution in [0.15, 0.2) is 0 Å². The number of carbonyl (C=O) groups excluding carboxylic acids is 1. The Morgan fingerprint density at radius 2 is 1.59 bits per heavy atom. The van der Waals surface area contributed by atoms with E-state index < -0.39 is 0 Å². The minimum absolute atomic E-state index is 0. The highest BCUT2D eigenvalue weighted by Gasteiger charge is 2.26. The summed E-state index contributed by atoms with van der Waals surface area (Å²) < 4.78 is 0. The molecule has 3 rings (SSSR count). The van der Waals surface area contributed by atoms with Gasteiger partial charge < -0.3 is 15.1 Å². The summed E-state index contributed by atoms with van der Waals surface area (Å²) in [6.07, 6.45) is 8.37. The molecule has 3 saturated heterocycles. The first-order chi connectivity index (χ1) is 10.3. The molecule has 0 bridgehead atoms. The molecule has 0 radical (unpaired) electrons. The summed E-state index contributed by atoms with van der Waals surface area (Å²) in [5.74, 6) is 2.06. The molecule has 1 amide bonds. The summed E-state index contributed by atoms with van der Waals surface area (Å²) in [6.45, 7) is 8.24. The van der Waals surface area contributed by atoms with E-state index in [1.165, 1.54) is 64.8 Å². The van der Waals surface area contributed by atoms with Gasteiger partial charge in [0.1, 0.15) is 0 Å². The SMILES string of the molecule is Cl.O=C1CCCCN1CC1CCN(CC2CCNCC2)CC1. The third-order valence-corrected chi connectivity index (χ3v) is 5.58. The van der Waals surface area contributed by atoms with E-state index in [1.54, 1.807) is 0 Å². The van der Waals surface area contributed by atoms with Crippen molar-refractivity contribution in [3.63, 3.8) is 0 Å². The molecule has 0 aromatic heterocycles. The third-order valence-electron chi connectivity index (χ3n) is 5.58. The molecule has 3 aliphatic heterocycles. The molecule has 5 heteroatoms. The summed E-state index contributed by atoms with van der Waals surface area (Å²) in [4.78, 5) is 16.7. The molecule has 0 spiro atoms. The first-order valence-corrected chi connectivity index (χ1v) is 9.02. The van der Waals surface area contributed by atoms with E-state index in [-0.39, 0.29) is 12.4 Å². The maximum atomic E-state index is 11.9. The highest BCUT2D eigenvalue weighted by atomic mass is 35.5. The fraction of sp³-hybridized carbons (Fsp3) is 0.941. The van der Waals surface area contributed by atoms with Crippen LogP contribution in [0.2, 0.25) is 0 Å². The summed E-state index contributed by atoms with van der Waals surface area (Å²) in [5, 5.41) is 3.45. The molecule has 0 aromatic rings. The van der Waals surface area contributed by atoms with Gasteiger partial charge in [-0.25, -0.2) is 0 Å². The Morgan fingerprint density at radius 1 is 0.909 bits per heavy atom. The predicted molar refractivity (Wildman–Crippen MR) is 92.4 cm³/mol. The monoisotopic (exact) mass is 329 g/mol. The Balaban J connectivity index is 0.00000176. The van der Waals surface area contributed by atoms with E-state index in [1.807, 2.05) is 0 Å². The molecule has 1 N–H and O–H groups in total. The fourth-order valence-electron chi connectivity index (χ4n) is 4.15. The van der Waals surface area contributed by atoms with Crippen molar-refractivity contribution in [2.75, 3.05) is 45.8 Å². The minimum Gasteiger partial charge on any atom is -0.342 e. The minimum atomic E-state index is 0. The number of rotatable bonds is 4. The number of likely N-dealkylation sites (tertiary alicyclic amines) is 2. The average molecular weight is 330 g/mol. The highest BCUT2D eigenvalue weighted by molar-refractivity contribution is 5.85. The lowest BCUT2D eigenvalue weighted by molar-refractivity contribution is -0.134. The molecule has 3 aliphatic rings. The van der Waals surface area contributed by atoms with E-state index in [4.69, 9.17) is 0 Å². The fourth-order valence-corrected chi connectivity index (χ4v) is 4.15. The normalized spacial score (nSPS) is 26.0. The molecule has 4 nitrogen and oxygen atoms in total. The second-order valence-electron chi connectivity index (χ2n) is 7.23. The van der Waals surface area contributed by atoms with Crippen LogP contribution in [-0.2, 0) is 4.79 Å². The average Bonchev–Trinajstić information content (AvgIpc) is 2.52. The van der Waals surface area contributed by atoms with Gasteiger partial charge >= 0.3 is 0 Å². The van der Waals surface area contributed by atoms with Gasteiger partial charge in [0.2, 0.25) is 5.91 Å². The van der Waals surface area contributed by atoms with Crippen LogP contribution < -0.4 is 5.32 Å². The van der Waals surface area contributed by atoms with Gasteiger partial charge in [-0.05, 0) is 76.5 Å². The Bertz CT molecular complexity index is 339. The number of piperidine rings is 3. The molecule has 3 heterocycles. The first kappa shape index (κ1) is 18.0. The smallest absolute Gasteiger partial charge is 0.222 e. The number of hydrogen-bond acceptors (Lipinski definition) is 3. The largest absolute Gasteiger partial charge is 0.342 e. The van der Waals surface area contributed by atoms with Gasteiger partial charge in [-0.1, -0.05) is 0 Å². The third kappa shape index (κ3) is 5.10. The first-order valence-electron chi connectivity index (χ1n) is 9.02. The molecule has 3 fully saturated rings. The summed E-state index contributed by atoms with van der Waals surface area (Å²) >= 11 is 0. The molecule has 0 saturated carbocycles. The highest BCUT2D eigenvalue weighted by Crippen LogP contribution is 2.23. The van der Waals surface area contributed by atoms with Gasteiger partial charge in [0.15, 0.2) is 0 Å². The zero-order valence-corrected chi connectivity index (χ0v) is 14.6. The van der Waals surface area contributed by atoms with Gasteiger partial charge in [0.25, 0.3) is 0 Å². The second kappa shape index (κ2) is 9.09. The topological polar surface area (TPSA) is 35.6 Å². The van der Waals surface area contributed by atoms with Gasteiger partial charge in [0, 0.05) is 26.1 Å². The van der Waals surface area contributed by atoms with Crippen molar-refractivity contribution in [1.82, 2.24) is 15.1 Å². The maximum absolute atomic E-state index is 11.9.